The van der Waals surface area contributed by atoms with Crippen LogP contribution in [-0.2, 0) is 11.0 Å². The number of hydrogen-bond acceptors (Lipinski definition) is 5. The minimum atomic E-state index is -4.46. The molecular formula is C24H22F4N4O3. The summed E-state index contributed by atoms with van der Waals surface area (Å²) in [5.74, 6) is -0.839. The van der Waals surface area contributed by atoms with E-state index >= 15 is 0 Å². The van der Waals surface area contributed by atoms with Gasteiger partial charge in [0.2, 0.25) is 17.6 Å². The van der Waals surface area contributed by atoms with Gasteiger partial charge >= 0.3 is 6.18 Å². The summed E-state index contributed by atoms with van der Waals surface area (Å²) in [4.78, 5) is 31.1. The molecule has 2 aromatic carbocycles. The van der Waals surface area contributed by atoms with E-state index in [0.717, 1.165) is 24.3 Å². The van der Waals surface area contributed by atoms with Crippen LogP contribution in [0.25, 0.3) is 11.4 Å². The summed E-state index contributed by atoms with van der Waals surface area (Å²) < 4.78 is 56.5. The van der Waals surface area contributed by atoms with Crippen LogP contribution in [0.15, 0.2) is 53.1 Å². The number of benzene rings is 2. The van der Waals surface area contributed by atoms with Crippen LogP contribution in [0.5, 0.6) is 0 Å². The third kappa shape index (κ3) is 5.67. The first-order valence-corrected chi connectivity index (χ1v) is 11.0. The number of likely N-dealkylation sites (tertiary alicyclic amines) is 1. The van der Waals surface area contributed by atoms with Crippen molar-refractivity contribution in [2.75, 3.05) is 13.1 Å². The molecule has 7 nitrogen and oxygen atoms in total. The molecule has 35 heavy (non-hydrogen) atoms. The van der Waals surface area contributed by atoms with Crippen LogP contribution < -0.4 is 5.32 Å². The summed E-state index contributed by atoms with van der Waals surface area (Å²) in [6.07, 6.45) is -3.64. The maximum absolute atomic E-state index is 13.1. The molecule has 11 heteroatoms. The quantitative estimate of drug-likeness (QED) is 0.527. The summed E-state index contributed by atoms with van der Waals surface area (Å²) in [5.41, 5.74) is -0.0718. The topological polar surface area (TPSA) is 88.3 Å². The van der Waals surface area contributed by atoms with Gasteiger partial charge in [-0.2, -0.15) is 18.2 Å². The number of nitrogens with one attached hydrogen (secondary N) is 1. The van der Waals surface area contributed by atoms with Gasteiger partial charge in [-0.1, -0.05) is 5.16 Å². The molecule has 1 fully saturated rings. The number of alkyl halides is 3. The minimum absolute atomic E-state index is 0.169. The molecular weight excluding hydrogens is 468 g/mol. The molecule has 0 bridgehead atoms. The Kier molecular flexibility index (Phi) is 6.86. The van der Waals surface area contributed by atoms with Gasteiger partial charge in [0.05, 0.1) is 5.56 Å². The number of piperidine rings is 1. The first-order chi connectivity index (χ1) is 16.6. The first-order valence-electron chi connectivity index (χ1n) is 11.0. The number of nitrogens with zero attached hydrogens (tertiary/aromatic N) is 3. The number of amides is 2. The zero-order valence-electron chi connectivity index (χ0n) is 18.7. The number of aromatic nitrogens is 2. The van der Waals surface area contributed by atoms with Gasteiger partial charge in [-0.15, -0.1) is 0 Å². The van der Waals surface area contributed by atoms with Crippen LogP contribution in [0.4, 0.5) is 17.6 Å². The van der Waals surface area contributed by atoms with Crippen molar-refractivity contribution in [1.29, 1.82) is 0 Å². The Bertz CT molecular complexity index is 1180. The third-order valence-electron chi connectivity index (χ3n) is 5.89. The van der Waals surface area contributed by atoms with Crippen LogP contribution in [0.1, 0.15) is 47.6 Å². The van der Waals surface area contributed by atoms with Gasteiger partial charge in [-0.3, -0.25) is 9.59 Å². The summed E-state index contributed by atoms with van der Waals surface area (Å²) in [5, 5.41) is 6.70. The second-order valence-corrected chi connectivity index (χ2v) is 8.33. The van der Waals surface area contributed by atoms with Gasteiger partial charge in [0.25, 0.3) is 5.91 Å². The maximum atomic E-state index is 13.1. The van der Waals surface area contributed by atoms with E-state index in [1.165, 1.54) is 29.2 Å². The van der Waals surface area contributed by atoms with E-state index in [9.17, 15) is 27.2 Å². The maximum Gasteiger partial charge on any atom is 0.416 e. The lowest BCUT2D eigenvalue weighted by Crippen LogP contribution is -2.43. The molecule has 1 aliphatic heterocycles. The number of carbonyl (C=O) groups is 2. The molecule has 2 heterocycles. The summed E-state index contributed by atoms with van der Waals surface area (Å²) in [6, 6.07) is 9.14. The first kappa shape index (κ1) is 24.4. The number of carbonyl (C=O) groups excluding carboxylic acids is 2. The highest BCUT2D eigenvalue weighted by Gasteiger charge is 2.32. The van der Waals surface area contributed by atoms with E-state index < -0.39 is 17.8 Å². The average Bonchev–Trinajstić information content (AvgIpc) is 3.34. The van der Waals surface area contributed by atoms with Crippen molar-refractivity contribution in [1.82, 2.24) is 20.4 Å². The average molecular weight is 490 g/mol. The molecule has 1 atom stereocenters. The molecule has 1 aliphatic rings. The number of rotatable bonds is 5. The Morgan fingerprint density at radius 3 is 2.29 bits per heavy atom. The molecule has 0 aliphatic carbocycles. The Morgan fingerprint density at radius 1 is 1.06 bits per heavy atom. The van der Waals surface area contributed by atoms with Crippen LogP contribution >= 0.6 is 0 Å². The van der Waals surface area contributed by atoms with E-state index in [-0.39, 0.29) is 40.8 Å². The second kappa shape index (κ2) is 9.85. The lowest BCUT2D eigenvalue weighted by atomic mass is 9.95. The molecule has 1 unspecified atom stereocenters. The van der Waals surface area contributed by atoms with Crippen molar-refractivity contribution in [3.05, 3.63) is 71.4 Å². The third-order valence-corrected chi connectivity index (χ3v) is 5.89. The molecule has 0 radical (unpaired) electrons. The SMILES string of the molecule is CC(NC(=O)C1CCN(C(=O)c2ccc(C(F)(F)F)cc2)CC1)c1nc(-c2ccc(F)cc2)no1. The summed E-state index contributed by atoms with van der Waals surface area (Å²) in [6.45, 7) is 2.31. The van der Waals surface area contributed by atoms with Crippen LogP contribution in [0.2, 0.25) is 0 Å². The predicted molar refractivity (Wildman–Crippen MR) is 116 cm³/mol. The smallest absolute Gasteiger partial charge is 0.344 e. The van der Waals surface area contributed by atoms with Gasteiger partial charge < -0.3 is 14.7 Å². The van der Waals surface area contributed by atoms with Crippen molar-refractivity contribution >= 4 is 11.8 Å². The van der Waals surface area contributed by atoms with E-state index in [2.05, 4.69) is 15.5 Å². The van der Waals surface area contributed by atoms with Crippen LogP contribution in [0, 0.1) is 11.7 Å². The second-order valence-electron chi connectivity index (χ2n) is 8.33. The standard InChI is InChI=1S/C24H22F4N4O3/c1-14(22-30-20(31-35-22)15-4-8-19(25)9-5-15)29-21(33)16-10-12-32(13-11-16)23(34)17-2-6-18(7-3-17)24(26,27)28/h2-9,14,16H,10-13H2,1H3,(H,29,33). The zero-order chi connectivity index (χ0) is 25.2. The fourth-order valence-electron chi connectivity index (χ4n) is 3.85. The van der Waals surface area contributed by atoms with Crippen molar-refractivity contribution < 1.29 is 31.7 Å². The molecule has 1 N–H and O–H groups in total. The molecule has 1 aromatic heterocycles. The highest BCUT2D eigenvalue weighted by Crippen LogP contribution is 2.29. The van der Waals surface area contributed by atoms with E-state index in [4.69, 9.17) is 4.52 Å². The lowest BCUT2D eigenvalue weighted by molar-refractivity contribution is -0.137. The molecule has 1 saturated heterocycles. The Balaban J connectivity index is 1.30. The van der Waals surface area contributed by atoms with Gasteiger partial charge in [0, 0.05) is 30.1 Å². The number of hydrogen-bond donors (Lipinski definition) is 1. The minimum Gasteiger partial charge on any atom is -0.344 e. The van der Waals surface area contributed by atoms with Gasteiger partial charge in [0.1, 0.15) is 11.9 Å². The Morgan fingerprint density at radius 2 is 1.69 bits per heavy atom. The van der Waals surface area contributed by atoms with Crippen molar-refractivity contribution in [3.63, 3.8) is 0 Å². The molecule has 3 aromatic rings. The fourth-order valence-corrected chi connectivity index (χ4v) is 3.85. The highest BCUT2D eigenvalue weighted by atomic mass is 19.4. The van der Waals surface area contributed by atoms with Gasteiger partial charge in [-0.05, 0) is 68.3 Å². The predicted octanol–water partition coefficient (Wildman–Crippen LogP) is 4.62. The molecule has 0 spiro atoms. The summed E-state index contributed by atoms with van der Waals surface area (Å²) >= 11 is 0. The van der Waals surface area contributed by atoms with E-state index in [1.807, 2.05) is 0 Å². The lowest BCUT2D eigenvalue weighted by Gasteiger charge is -2.31. The van der Waals surface area contributed by atoms with Crippen LogP contribution in [-0.4, -0.2) is 39.9 Å². The Hall–Kier alpha value is -3.76. The van der Waals surface area contributed by atoms with E-state index in [0.29, 0.717) is 31.5 Å². The van der Waals surface area contributed by atoms with Crippen molar-refractivity contribution in [3.8, 4) is 11.4 Å². The molecule has 0 saturated carbocycles. The van der Waals surface area contributed by atoms with Gasteiger partial charge in [-0.25, -0.2) is 4.39 Å². The zero-order valence-corrected chi connectivity index (χ0v) is 18.7. The highest BCUT2D eigenvalue weighted by molar-refractivity contribution is 5.94. The van der Waals surface area contributed by atoms with Crippen molar-refractivity contribution in [2.45, 2.75) is 32.0 Å². The number of halogens is 4. The largest absolute Gasteiger partial charge is 0.416 e. The van der Waals surface area contributed by atoms with E-state index in [1.54, 1.807) is 6.92 Å². The van der Waals surface area contributed by atoms with Crippen LogP contribution in [0.3, 0.4) is 0 Å². The molecule has 184 valence electrons. The summed E-state index contributed by atoms with van der Waals surface area (Å²) in [7, 11) is 0. The van der Waals surface area contributed by atoms with Crippen molar-refractivity contribution in [2.24, 2.45) is 5.92 Å². The monoisotopic (exact) mass is 490 g/mol. The van der Waals surface area contributed by atoms with Gasteiger partial charge in [0.15, 0.2) is 0 Å². The normalized spacial score (nSPS) is 15.6. The Labute approximate surface area is 198 Å². The fraction of sp³-hybridized carbons (Fsp3) is 0.333. The molecule has 4 rings (SSSR count). The molecule has 2 amide bonds.